The van der Waals surface area contributed by atoms with Gasteiger partial charge in [0.1, 0.15) is 11.5 Å². The zero-order chi connectivity index (χ0) is 22.0. The predicted molar refractivity (Wildman–Crippen MR) is 129 cm³/mol. The number of nitrogens with one attached hydrogen (secondary N) is 2. The first kappa shape index (κ1) is 21.3. The summed E-state index contributed by atoms with van der Waals surface area (Å²) in [6, 6.07) is 9.85. The van der Waals surface area contributed by atoms with Crippen molar-refractivity contribution >= 4 is 40.3 Å². The quantitative estimate of drug-likeness (QED) is 0.472. The van der Waals surface area contributed by atoms with Gasteiger partial charge >= 0.3 is 0 Å². The normalized spacial score (nSPS) is 15.6. The molecule has 1 fully saturated rings. The molecule has 2 N–H and O–H groups in total. The van der Waals surface area contributed by atoms with Gasteiger partial charge in [0.2, 0.25) is 0 Å². The van der Waals surface area contributed by atoms with Gasteiger partial charge in [-0.15, -0.1) is 0 Å². The van der Waals surface area contributed by atoms with E-state index in [1.807, 2.05) is 51.2 Å². The molecule has 2 aromatic heterocycles. The molecule has 4 heterocycles. The summed E-state index contributed by atoms with van der Waals surface area (Å²) in [6.07, 6.45) is 1.89. The number of hydrogen-bond donors (Lipinski definition) is 2. The molecule has 0 amide bonds. The number of fused-ring (bicyclic) bond motifs is 2. The highest BCUT2D eigenvalue weighted by molar-refractivity contribution is 6.36. The number of benzene rings is 1. The van der Waals surface area contributed by atoms with E-state index in [2.05, 4.69) is 38.4 Å². The van der Waals surface area contributed by atoms with E-state index >= 15 is 0 Å². The number of H-pyrrole nitrogens is 1. The van der Waals surface area contributed by atoms with Crippen molar-refractivity contribution in [2.75, 3.05) is 43.4 Å². The molecule has 8 heteroatoms. The largest absolute Gasteiger partial charge is 0.354 e. The van der Waals surface area contributed by atoms with Gasteiger partial charge in [0.25, 0.3) is 0 Å². The molecule has 0 atom stereocenters. The van der Waals surface area contributed by atoms with E-state index < -0.39 is 0 Å². The van der Waals surface area contributed by atoms with Crippen LogP contribution in [0, 0.1) is 6.92 Å². The van der Waals surface area contributed by atoms with E-state index in [9.17, 15) is 0 Å². The van der Waals surface area contributed by atoms with Gasteiger partial charge in [-0.05, 0) is 20.0 Å². The number of pyridine rings is 1. The van der Waals surface area contributed by atoms with Crippen molar-refractivity contribution in [3.8, 4) is 0 Å². The highest BCUT2D eigenvalue weighted by atomic mass is 35.5. The van der Waals surface area contributed by atoms with Gasteiger partial charge in [0, 0.05) is 54.6 Å². The Morgan fingerprint density at radius 2 is 1.77 bits per heavy atom. The fraction of sp³-hybridized carbons (Fsp3) is 0.348. The number of aromatic nitrogens is 3. The van der Waals surface area contributed by atoms with E-state index in [1.54, 1.807) is 0 Å². The van der Waals surface area contributed by atoms with Crippen LogP contribution in [-0.4, -0.2) is 59.0 Å². The fourth-order valence-electron chi connectivity index (χ4n) is 3.75. The monoisotopic (exact) mass is 437 g/mol. The molecule has 0 aliphatic carbocycles. The molecule has 1 saturated heterocycles. The van der Waals surface area contributed by atoms with E-state index in [1.165, 1.54) is 0 Å². The molecular weight excluding hydrogens is 410 g/mol. The van der Waals surface area contributed by atoms with Gasteiger partial charge in [-0.1, -0.05) is 43.6 Å². The zero-order valence-corrected chi connectivity index (χ0v) is 19.2. The molecule has 162 valence electrons. The lowest BCUT2D eigenvalue weighted by atomic mass is 10.0. The number of anilines is 3. The van der Waals surface area contributed by atoms with Crippen LogP contribution in [0.1, 0.15) is 30.7 Å². The Labute approximate surface area is 188 Å². The number of aliphatic imine (C=N–C) groups is 1. The molecule has 31 heavy (non-hydrogen) atoms. The Morgan fingerprint density at radius 3 is 2.52 bits per heavy atom. The lowest BCUT2D eigenvalue weighted by Gasteiger charge is -2.33. The third-order valence-corrected chi connectivity index (χ3v) is 5.82. The Hall–Kier alpha value is -2.90. The van der Waals surface area contributed by atoms with Crippen LogP contribution in [0.15, 0.2) is 41.5 Å². The predicted octanol–water partition coefficient (Wildman–Crippen LogP) is 4.77. The smallest absolute Gasteiger partial charge is 0.178 e. The molecule has 0 spiro atoms. The molecule has 3 aromatic rings. The van der Waals surface area contributed by atoms with E-state index in [0.29, 0.717) is 10.8 Å². The van der Waals surface area contributed by atoms with E-state index in [0.717, 1.165) is 65.9 Å². The van der Waals surface area contributed by atoms with Crippen molar-refractivity contribution in [3.63, 3.8) is 0 Å². The number of nitrogens with zero attached hydrogens (tertiary/aromatic N) is 5. The van der Waals surface area contributed by atoms with Crippen LogP contribution in [0.5, 0.6) is 0 Å². The zero-order valence-electron chi connectivity index (χ0n) is 18.4. The Morgan fingerprint density at radius 1 is 1.03 bits per heavy atom. The number of rotatable bonds is 2. The van der Waals surface area contributed by atoms with Gasteiger partial charge in [-0.2, -0.15) is 5.10 Å². The summed E-state index contributed by atoms with van der Waals surface area (Å²) in [5.41, 5.74) is 5.19. The summed E-state index contributed by atoms with van der Waals surface area (Å²) in [4.78, 5) is 14.4. The summed E-state index contributed by atoms with van der Waals surface area (Å²) in [6.45, 7) is 9.94. The highest BCUT2D eigenvalue weighted by Gasteiger charge is 2.24. The minimum Gasteiger partial charge on any atom is -0.354 e. The lowest BCUT2D eigenvalue weighted by Crippen LogP contribution is -2.44. The van der Waals surface area contributed by atoms with Gasteiger partial charge in [-0.25, -0.2) is 9.98 Å². The Bertz CT molecular complexity index is 1100. The van der Waals surface area contributed by atoms with E-state index in [-0.39, 0.29) is 0 Å². The molecule has 2 aliphatic rings. The molecule has 0 radical (unpaired) electrons. The fourth-order valence-corrected chi connectivity index (χ4v) is 3.98. The van der Waals surface area contributed by atoms with Gasteiger partial charge in [0.05, 0.1) is 17.1 Å². The van der Waals surface area contributed by atoms with Gasteiger partial charge < -0.3 is 15.1 Å². The second-order valence-electron chi connectivity index (χ2n) is 7.49. The summed E-state index contributed by atoms with van der Waals surface area (Å²) in [5, 5.41) is 11.5. The summed E-state index contributed by atoms with van der Waals surface area (Å²) in [7, 11) is 2.15. The molecule has 5 rings (SSSR count). The van der Waals surface area contributed by atoms with E-state index in [4.69, 9.17) is 21.6 Å². The molecule has 0 bridgehead atoms. The van der Waals surface area contributed by atoms with Crippen LogP contribution in [0.3, 0.4) is 0 Å². The van der Waals surface area contributed by atoms with Gasteiger partial charge in [-0.3, -0.25) is 5.10 Å². The topological polar surface area (TPSA) is 72.4 Å². The molecule has 2 aliphatic heterocycles. The van der Waals surface area contributed by atoms with Crippen molar-refractivity contribution in [1.82, 2.24) is 20.1 Å². The number of hydrogen-bond acceptors (Lipinski definition) is 6. The van der Waals surface area contributed by atoms with Crippen molar-refractivity contribution < 1.29 is 0 Å². The molecule has 1 aromatic carbocycles. The van der Waals surface area contributed by atoms with Crippen molar-refractivity contribution in [2.45, 2.75) is 20.8 Å². The average molecular weight is 438 g/mol. The van der Waals surface area contributed by atoms with Crippen LogP contribution >= 0.6 is 11.6 Å². The summed E-state index contributed by atoms with van der Waals surface area (Å²) in [5.74, 6) is 1.67. The first-order chi connectivity index (χ1) is 15.1. The Balaban J connectivity index is 0.00000112. The van der Waals surface area contributed by atoms with Gasteiger partial charge in [0.15, 0.2) is 5.82 Å². The minimum atomic E-state index is 0.657. The number of likely N-dealkylation sites (N-methyl/N-ethyl adjacent to an activating group) is 1. The van der Waals surface area contributed by atoms with Crippen LogP contribution in [0.2, 0.25) is 5.02 Å². The highest BCUT2D eigenvalue weighted by Crippen LogP contribution is 2.38. The first-order valence-electron chi connectivity index (χ1n) is 10.7. The third-order valence-electron chi connectivity index (χ3n) is 5.49. The van der Waals surface area contributed by atoms with Crippen molar-refractivity contribution in [2.24, 2.45) is 4.99 Å². The van der Waals surface area contributed by atoms with Crippen LogP contribution < -0.4 is 10.2 Å². The Kier molecular flexibility index (Phi) is 6.25. The maximum Gasteiger partial charge on any atom is 0.178 e. The second-order valence-corrected chi connectivity index (χ2v) is 7.90. The summed E-state index contributed by atoms with van der Waals surface area (Å²) < 4.78 is 0. The minimum absolute atomic E-state index is 0.657. The second kappa shape index (κ2) is 9.08. The molecule has 7 nitrogen and oxygen atoms in total. The first-order valence-corrected chi connectivity index (χ1v) is 11.1. The van der Waals surface area contributed by atoms with Crippen LogP contribution in [0.4, 0.5) is 23.0 Å². The maximum absolute atomic E-state index is 6.53. The van der Waals surface area contributed by atoms with Crippen LogP contribution in [0.25, 0.3) is 0 Å². The van der Waals surface area contributed by atoms with Crippen molar-refractivity contribution in [3.05, 3.63) is 58.4 Å². The molecule has 0 unspecified atom stereocenters. The number of aromatic amines is 1. The number of halogens is 1. The molecule has 0 saturated carbocycles. The number of piperazine rings is 1. The van der Waals surface area contributed by atoms with Crippen molar-refractivity contribution in [1.29, 1.82) is 0 Å². The SMILES string of the molecule is CC.Cc1[nH]nc2c1N=C(c1ccccc1Cl)c1cnc(N3CCN(C)CC3)cc1N2. The van der Waals surface area contributed by atoms with Crippen LogP contribution in [-0.2, 0) is 0 Å². The number of aryl methyl sites for hydroxylation is 1. The lowest BCUT2D eigenvalue weighted by molar-refractivity contribution is 0.312. The maximum atomic E-state index is 6.53. The standard InChI is InChI=1S/C21H22ClN7.C2H6/c1-13-19-21(27-26-13)24-17-11-18(29-9-7-28(2)8-10-29)23-12-15(17)20(25-19)14-5-3-4-6-16(14)22;1-2/h3-6,11-12H,7-10H2,1-2H3,(H2,24,26,27);1-2H3. The third kappa shape index (κ3) is 4.16. The summed E-state index contributed by atoms with van der Waals surface area (Å²) >= 11 is 6.53. The molecular formula is C23H28ClN7. The average Bonchev–Trinajstić information content (AvgIpc) is 3.04.